The number of nitrogens with one attached hydrogen (secondary N) is 1. The Morgan fingerprint density at radius 1 is 1.22 bits per heavy atom. The largest absolute Gasteiger partial charge is 0.482 e. The minimum atomic E-state index is -4.48. The molecule has 0 saturated heterocycles. The lowest BCUT2D eigenvalue weighted by atomic mass is 10.3. The van der Waals surface area contributed by atoms with Gasteiger partial charge in [0.15, 0.2) is 6.61 Å². The second-order valence-electron chi connectivity index (χ2n) is 4.34. The number of anilines is 1. The van der Waals surface area contributed by atoms with Gasteiger partial charge in [0, 0.05) is 11.2 Å². The van der Waals surface area contributed by atoms with E-state index in [9.17, 15) is 18.0 Å². The van der Waals surface area contributed by atoms with Crippen molar-refractivity contribution in [3.63, 3.8) is 0 Å². The SMILES string of the molecule is O=C(COc1ccc(Cl)cc1Cl)Nc1ccc(C(F)(F)F)cn1. The van der Waals surface area contributed by atoms with E-state index in [2.05, 4.69) is 10.3 Å². The molecule has 0 aliphatic heterocycles. The summed E-state index contributed by atoms with van der Waals surface area (Å²) in [6.45, 7) is -0.385. The number of halogens is 5. The van der Waals surface area contributed by atoms with Gasteiger partial charge in [-0.25, -0.2) is 4.98 Å². The van der Waals surface area contributed by atoms with Crippen molar-refractivity contribution in [2.24, 2.45) is 0 Å². The molecule has 1 amide bonds. The van der Waals surface area contributed by atoms with Crippen LogP contribution in [0.15, 0.2) is 36.5 Å². The van der Waals surface area contributed by atoms with Crippen molar-refractivity contribution < 1.29 is 22.7 Å². The number of carbonyl (C=O) groups excluding carboxylic acids is 1. The lowest BCUT2D eigenvalue weighted by Crippen LogP contribution is -2.21. The van der Waals surface area contributed by atoms with Crippen molar-refractivity contribution >= 4 is 34.9 Å². The van der Waals surface area contributed by atoms with Crippen LogP contribution < -0.4 is 10.1 Å². The van der Waals surface area contributed by atoms with Crippen molar-refractivity contribution in [2.45, 2.75) is 6.18 Å². The van der Waals surface area contributed by atoms with Crippen LogP contribution in [0.5, 0.6) is 5.75 Å². The molecule has 1 aromatic carbocycles. The highest BCUT2D eigenvalue weighted by molar-refractivity contribution is 6.35. The summed E-state index contributed by atoms with van der Waals surface area (Å²) >= 11 is 11.6. The van der Waals surface area contributed by atoms with E-state index < -0.39 is 17.6 Å². The third-order valence-electron chi connectivity index (χ3n) is 2.61. The molecular formula is C14H9Cl2F3N2O2. The van der Waals surface area contributed by atoms with Crippen molar-refractivity contribution in [3.8, 4) is 5.75 Å². The summed E-state index contributed by atoms with van der Waals surface area (Å²) in [5.41, 5.74) is -0.903. The number of alkyl halides is 3. The summed E-state index contributed by atoms with van der Waals surface area (Å²) in [5.74, 6) is -0.358. The maximum Gasteiger partial charge on any atom is 0.417 e. The average Bonchev–Trinajstić information content (AvgIpc) is 2.46. The van der Waals surface area contributed by atoms with Crippen LogP contribution in [-0.2, 0) is 11.0 Å². The number of amides is 1. The quantitative estimate of drug-likeness (QED) is 0.873. The molecule has 0 atom stereocenters. The fraction of sp³-hybridized carbons (Fsp3) is 0.143. The standard InChI is InChI=1S/C14H9Cl2F3N2O2/c15-9-2-3-11(10(16)5-9)23-7-13(22)21-12-4-1-8(6-20-12)14(17,18)19/h1-6H,7H2,(H,20,21,22). The number of pyridine rings is 1. The van der Waals surface area contributed by atoms with E-state index in [1.807, 2.05) is 0 Å². The van der Waals surface area contributed by atoms with E-state index in [4.69, 9.17) is 27.9 Å². The van der Waals surface area contributed by atoms with Crippen LogP contribution in [0, 0.1) is 0 Å². The van der Waals surface area contributed by atoms with E-state index in [1.54, 1.807) is 0 Å². The second kappa shape index (κ2) is 7.06. The minimum Gasteiger partial charge on any atom is -0.482 e. The van der Waals surface area contributed by atoms with Gasteiger partial charge in [-0.2, -0.15) is 13.2 Å². The Bertz CT molecular complexity index is 706. The molecule has 0 saturated carbocycles. The fourth-order valence-corrected chi connectivity index (χ4v) is 2.01. The molecule has 0 aliphatic carbocycles. The number of carbonyl (C=O) groups is 1. The van der Waals surface area contributed by atoms with Gasteiger partial charge in [-0.15, -0.1) is 0 Å². The van der Waals surface area contributed by atoms with Crippen molar-refractivity contribution in [1.29, 1.82) is 0 Å². The van der Waals surface area contributed by atoms with Crippen LogP contribution in [-0.4, -0.2) is 17.5 Å². The van der Waals surface area contributed by atoms with Gasteiger partial charge in [0.05, 0.1) is 10.6 Å². The summed E-state index contributed by atoms with van der Waals surface area (Å²) < 4.78 is 42.4. The molecule has 122 valence electrons. The fourth-order valence-electron chi connectivity index (χ4n) is 1.55. The molecule has 2 aromatic rings. The Kier molecular flexibility index (Phi) is 5.33. The van der Waals surface area contributed by atoms with E-state index in [0.29, 0.717) is 11.2 Å². The monoisotopic (exact) mass is 364 g/mol. The van der Waals surface area contributed by atoms with Gasteiger partial charge in [0.2, 0.25) is 0 Å². The number of hydrogen-bond donors (Lipinski definition) is 1. The smallest absolute Gasteiger partial charge is 0.417 e. The van der Waals surface area contributed by atoms with E-state index in [1.165, 1.54) is 18.2 Å². The normalized spacial score (nSPS) is 11.2. The van der Waals surface area contributed by atoms with Crippen LogP contribution in [0.4, 0.5) is 19.0 Å². The highest BCUT2D eigenvalue weighted by Crippen LogP contribution is 2.29. The van der Waals surface area contributed by atoms with Gasteiger partial charge in [0.25, 0.3) is 5.91 Å². The first-order valence-corrected chi connectivity index (χ1v) is 6.92. The number of ether oxygens (including phenoxy) is 1. The Balaban J connectivity index is 1.92. The van der Waals surface area contributed by atoms with Crippen LogP contribution >= 0.6 is 23.2 Å². The molecule has 1 aromatic heterocycles. The molecule has 0 radical (unpaired) electrons. The summed E-state index contributed by atoms with van der Waals surface area (Å²) in [4.78, 5) is 15.2. The average molecular weight is 365 g/mol. The first-order chi connectivity index (χ1) is 10.8. The maximum absolute atomic E-state index is 12.4. The molecule has 23 heavy (non-hydrogen) atoms. The minimum absolute atomic E-state index is 0.0196. The molecule has 0 bridgehead atoms. The number of aromatic nitrogens is 1. The predicted octanol–water partition coefficient (Wildman–Crippen LogP) is 4.42. The lowest BCUT2D eigenvalue weighted by Gasteiger charge is -2.09. The highest BCUT2D eigenvalue weighted by atomic mass is 35.5. The van der Waals surface area contributed by atoms with Crippen molar-refractivity contribution in [1.82, 2.24) is 4.98 Å². The number of hydrogen-bond acceptors (Lipinski definition) is 3. The molecule has 0 fully saturated rings. The summed E-state index contributed by atoms with van der Waals surface area (Å²) in [6, 6.07) is 6.36. The lowest BCUT2D eigenvalue weighted by molar-refractivity contribution is -0.137. The summed E-state index contributed by atoms with van der Waals surface area (Å²) in [6.07, 6.45) is -3.85. The summed E-state index contributed by atoms with van der Waals surface area (Å²) in [5, 5.41) is 2.96. The Morgan fingerprint density at radius 2 is 1.96 bits per heavy atom. The second-order valence-corrected chi connectivity index (χ2v) is 5.19. The van der Waals surface area contributed by atoms with E-state index >= 15 is 0 Å². The number of benzene rings is 1. The van der Waals surface area contributed by atoms with Gasteiger partial charge in [-0.3, -0.25) is 4.79 Å². The molecule has 2 rings (SSSR count). The van der Waals surface area contributed by atoms with Gasteiger partial charge < -0.3 is 10.1 Å². The molecule has 1 N–H and O–H groups in total. The third kappa shape index (κ3) is 5.01. The maximum atomic E-state index is 12.4. The molecule has 0 unspecified atom stereocenters. The first-order valence-electron chi connectivity index (χ1n) is 6.16. The topological polar surface area (TPSA) is 51.2 Å². The van der Waals surface area contributed by atoms with E-state index in [0.717, 1.165) is 12.1 Å². The molecule has 1 heterocycles. The van der Waals surface area contributed by atoms with Crippen LogP contribution in [0.1, 0.15) is 5.56 Å². The zero-order valence-corrected chi connectivity index (χ0v) is 12.8. The zero-order chi connectivity index (χ0) is 17.0. The van der Waals surface area contributed by atoms with Crippen molar-refractivity contribution in [2.75, 3.05) is 11.9 Å². The van der Waals surface area contributed by atoms with Gasteiger partial charge in [0.1, 0.15) is 11.6 Å². The van der Waals surface area contributed by atoms with E-state index in [-0.39, 0.29) is 23.2 Å². The Morgan fingerprint density at radius 3 is 2.52 bits per heavy atom. The molecular weight excluding hydrogens is 356 g/mol. The number of nitrogens with zero attached hydrogens (tertiary/aromatic N) is 1. The molecule has 9 heteroatoms. The van der Waals surface area contributed by atoms with Crippen molar-refractivity contribution in [3.05, 3.63) is 52.1 Å². The Labute approximate surface area is 139 Å². The number of rotatable bonds is 4. The van der Waals surface area contributed by atoms with Crippen LogP contribution in [0.2, 0.25) is 10.0 Å². The third-order valence-corrected chi connectivity index (χ3v) is 3.14. The van der Waals surface area contributed by atoms with Crippen LogP contribution in [0.3, 0.4) is 0 Å². The first kappa shape index (κ1) is 17.4. The molecule has 0 aliphatic rings. The zero-order valence-electron chi connectivity index (χ0n) is 11.3. The predicted molar refractivity (Wildman–Crippen MR) is 79.8 cm³/mol. The molecule has 4 nitrogen and oxygen atoms in total. The van der Waals surface area contributed by atoms with Gasteiger partial charge in [-0.1, -0.05) is 23.2 Å². The van der Waals surface area contributed by atoms with Gasteiger partial charge in [-0.05, 0) is 30.3 Å². The molecule has 0 spiro atoms. The Hall–Kier alpha value is -1.99. The highest BCUT2D eigenvalue weighted by Gasteiger charge is 2.30. The summed E-state index contributed by atoms with van der Waals surface area (Å²) in [7, 11) is 0. The van der Waals surface area contributed by atoms with Gasteiger partial charge >= 0.3 is 6.18 Å². The van der Waals surface area contributed by atoms with Crippen LogP contribution in [0.25, 0.3) is 0 Å².